The minimum atomic E-state index is -3.03. The summed E-state index contributed by atoms with van der Waals surface area (Å²) < 4.78 is 31.0. The molecule has 146 valence electrons. The van der Waals surface area contributed by atoms with Crippen molar-refractivity contribution in [2.45, 2.75) is 19.1 Å². The van der Waals surface area contributed by atoms with Crippen LogP contribution < -0.4 is 4.74 Å². The van der Waals surface area contributed by atoms with Gasteiger partial charge < -0.3 is 14.0 Å². The third kappa shape index (κ3) is 3.87. The number of ether oxygens (including phenoxy) is 1. The molecule has 1 saturated heterocycles. The van der Waals surface area contributed by atoms with Gasteiger partial charge >= 0.3 is 0 Å². The summed E-state index contributed by atoms with van der Waals surface area (Å²) in [5, 5.41) is 0. The highest BCUT2D eigenvalue weighted by Crippen LogP contribution is 2.20. The summed E-state index contributed by atoms with van der Waals surface area (Å²) in [6.07, 6.45) is 4.33. The lowest BCUT2D eigenvalue weighted by Crippen LogP contribution is -2.37. The van der Waals surface area contributed by atoms with Gasteiger partial charge in [0.25, 0.3) is 5.91 Å². The maximum atomic E-state index is 12.6. The van der Waals surface area contributed by atoms with Gasteiger partial charge in [0.2, 0.25) is 0 Å². The first-order valence-electron chi connectivity index (χ1n) is 9.04. The number of pyridine rings is 1. The van der Waals surface area contributed by atoms with E-state index in [0.717, 1.165) is 11.3 Å². The molecule has 1 amide bonds. The van der Waals surface area contributed by atoms with Crippen molar-refractivity contribution in [3.8, 4) is 5.75 Å². The van der Waals surface area contributed by atoms with Gasteiger partial charge in [0.05, 0.1) is 17.2 Å². The van der Waals surface area contributed by atoms with Crippen molar-refractivity contribution in [2.75, 3.05) is 18.6 Å². The molecule has 1 aliphatic heterocycles. The van der Waals surface area contributed by atoms with Gasteiger partial charge in [-0.15, -0.1) is 0 Å². The molecule has 4 rings (SSSR count). The Labute approximate surface area is 163 Å². The zero-order valence-electron chi connectivity index (χ0n) is 15.5. The summed E-state index contributed by atoms with van der Waals surface area (Å²) in [7, 11) is -1.37. The minimum absolute atomic E-state index is 0.0371. The van der Waals surface area contributed by atoms with Crippen LogP contribution in [-0.2, 0) is 16.4 Å². The van der Waals surface area contributed by atoms with Crippen molar-refractivity contribution in [2.24, 2.45) is 0 Å². The van der Waals surface area contributed by atoms with E-state index in [1.54, 1.807) is 31.3 Å². The average molecular weight is 399 g/mol. The number of amides is 1. The summed E-state index contributed by atoms with van der Waals surface area (Å²) in [4.78, 5) is 18.6. The number of benzene rings is 1. The molecule has 0 spiro atoms. The maximum Gasteiger partial charge on any atom is 0.253 e. The first-order chi connectivity index (χ1) is 13.4. The Morgan fingerprint density at radius 2 is 2.04 bits per heavy atom. The molecule has 1 atom stereocenters. The van der Waals surface area contributed by atoms with E-state index >= 15 is 0 Å². The Kier molecular flexibility index (Phi) is 4.80. The van der Waals surface area contributed by atoms with Gasteiger partial charge in [-0.05, 0) is 42.8 Å². The first-order valence-corrected chi connectivity index (χ1v) is 10.9. The van der Waals surface area contributed by atoms with E-state index in [9.17, 15) is 13.2 Å². The van der Waals surface area contributed by atoms with Crippen LogP contribution in [0.1, 0.15) is 22.5 Å². The van der Waals surface area contributed by atoms with Gasteiger partial charge in [0.15, 0.2) is 9.84 Å². The fourth-order valence-corrected chi connectivity index (χ4v) is 5.13. The van der Waals surface area contributed by atoms with Crippen LogP contribution in [0.5, 0.6) is 5.75 Å². The Balaban J connectivity index is 1.38. The summed E-state index contributed by atoms with van der Waals surface area (Å²) >= 11 is 0. The van der Waals surface area contributed by atoms with Crippen LogP contribution in [0, 0.1) is 0 Å². The SMILES string of the molecule is CN(C(=O)c1ccc(OCc2cn3ccccc3n2)cc1)[C@H]1CCS(=O)(=O)C1. The normalized spacial score (nSPS) is 18.2. The van der Waals surface area contributed by atoms with Crippen LogP contribution in [0.4, 0.5) is 0 Å². The van der Waals surface area contributed by atoms with E-state index in [1.807, 2.05) is 35.0 Å². The van der Waals surface area contributed by atoms with E-state index in [-0.39, 0.29) is 23.5 Å². The Bertz CT molecular complexity index is 1070. The molecule has 3 heterocycles. The molecular formula is C20H21N3O4S. The molecule has 2 aromatic heterocycles. The molecule has 0 aliphatic carbocycles. The number of carbonyl (C=O) groups excluding carboxylic acids is 1. The molecule has 8 heteroatoms. The number of fused-ring (bicyclic) bond motifs is 1. The monoisotopic (exact) mass is 399 g/mol. The van der Waals surface area contributed by atoms with Gasteiger partial charge in [0.1, 0.15) is 18.0 Å². The molecule has 0 unspecified atom stereocenters. The number of hydrogen-bond acceptors (Lipinski definition) is 5. The lowest BCUT2D eigenvalue weighted by molar-refractivity contribution is 0.0747. The fourth-order valence-electron chi connectivity index (χ4n) is 3.36. The number of nitrogens with zero attached hydrogens (tertiary/aromatic N) is 3. The summed E-state index contributed by atoms with van der Waals surface area (Å²) in [6.45, 7) is 0.328. The molecule has 1 aromatic carbocycles. The van der Waals surface area contributed by atoms with E-state index in [1.165, 1.54) is 4.90 Å². The minimum Gasteiger partial charge on any atom is -0.487 e. The molecule has 7 nitrogen and oxygen atoms in total. The largest absolute Gasteiger partial charge is 0.487 e. The lowest BCUT2D eigenvalue weighted by atomic mass is 10.1. The molecule has 1 fully saturated rings. The third-order valence-corrected chi connectivity index (χ3v) is 6.73. The van der Waals surface area contributed by atoms with Gasteiger partial charge in [-0.3, -0.25) is 4.79 Å². The molecule has 28 heavy (non-hydrogen) atoms. The second-order valence-corrected chi connectivity index (χ2v) is 9.21. The van der Waals surface area contributed by atoms with Crippen LogP contribution in [0.15, 0.2) is 54.9 Å². The summed E-state index contributed by atoms with van der Waals surface area (Å²) in [6, 6.07) is 12.4. The van der Waals surface area contributed by atoms with Crippen LogP contribution in [0.25, 0.3) is 5.65 Å². The van der Waals surface area contributed by atoms with Crippen molar-refractivity contribution in [3.05, 3.63) is 66.1 Å². The van der Waals surface area contributed by atoms with E-state index in [4.69, 9.17) is 4.74 Å². The third-order valence-electron chi connectivity index (χ3n) is 4.98. The van der Waals surface area contributed by atoms with Gasteiger partial charge in [-0.2, -0.15) is 0 Å². The summed E-state index contributed by atoms with van der Waals surface area (Å²) in [5.41, 5.74) is 2.18. The van der Waals surface area contributed by atoms with E-state index < -0.39 is 9.84 Å². The second-order valence-electron chi connectivity index (χ2n) is 6.98. The molecule has 3 aromatic rings. The fraction of sp³-hybridized carbons (Fsp3) is 0.300. The number of carbonyl (C=O) groups is 1. The first kappa shape index (κ1) is 18.5. The van der Waals surface area contributed by atoms with E-state index in [0.29, 0.717) is 24.3 Å². The molecular weight excluding hydrogens is 378 g/mol. The van der Waals surface area contributed by atoms with Crippen LogP contribution in [-0.4, -0.2) is 53.2 Å². The zero-order valence-corrected chi connectivity index (χ0v) is 16.3. The Morgan fingerprint density at radius 3 is 2.71 bits per heavy atom. The van der Waals surface area contributed by atoms with Crippen molar-refractivity contribution in [3.63, 3.8) is 0 Å². The summed E-state index contributed by atoms with van der Waals surface area (Å²) in [5.74, 6) is 0.634. The molecule has 0 saturated carbocycles. The van der Waals surface area contributed by atoms with Gasteiger partial charge in [-0.1, -0.05) is 6.07 Å². The van der Waals surface area contributed by atoms with Crippen molar-refractivity contribution < 1.29 is 17.9 Å². The van der Waals surface area contributed by atoms with Crippen LogP contribution in [0.3, 0.4) is 0 Å². The predicted octanol–water partition coefficient (Wildman–Crippen LogP) is 2.17. The quantitative estimate of drug-likeness (QED) is 0.657. The maximum absolute atomic E-state index is 12.6. The number of hydrogen-bond donors (Lipinski definition) is 0. The highest BCUT2D eigenvalue weighted by molar-refractivity contribution is 7.91. The van der Waals surface area contributed by atoms with Gasteiger partial charge in [-0.25, -0.2) is 13.4 Å². The topological polar surface area (TPSA) is 81.0 Å². The highest BCUT2D eigenvalue weighted by Gasteiger charge is 2.33. The van der Waals surface area contributed by atoms with E-state index in [2.05, 4.69) is 4.98 Å². The second kappa shape index (κ2) is 7.27. The van der Waals surface area contributed by atoms with Crippen molar-refractivity contribution in [1.82, 2.24) is 14.3 Å². The number of rotatable bonds is 5. The smallest absolute Gasteiger partial charge is 0.253 e. The molecule has 0 N–H and O–H groups in total. The van der Waals surface area contributed by atoms with Gasteiger partial charge in [0, 0.05) is 31.0 Å². The number of imidazole rings is 1. The Hall–Kier alpha value is -2.87. The zero-order chi connectivity index (χ0) is 19.7. The van der Waals surface area contributed by atoms with Crippen molar-refractivity contribution in [1.29, 1.82) is 0 Å². The van der Waals surface area contributed by atoms with Crippen molar-refractivity contribution >= 4 is 21.4 Å². The Morgan fingerprint density at radius 1 is 1.25 bits per heavy atom. The van der Waals surface area contributed by atoms with Crippen LogP contribution >= 0.6 is 0 Å². The number of sulfone groups is 1. The standard InChI is InChI=1S/C20H21N3O4S/c1-22(17-9-11-28(25,26)14-17)20(24)15-5-7-18(8-6-15)27-13-16-12-23-10-3-2-4-19(23)21-16/h2-8,10,12,17H,9,11,13-14H2,1H3/t17-/m0/s1. The molecule has 0 radical (unpaired) electrons. The lowest BCUT2D eigenvalue weighted by Gasteiger charge is -2.23. The highest BCUT2D eigenvalue weighted by atomic mass is 32.2. The predicted molar refractivity (Wildman–Crippen MR) is 105 cm³/mol. The average Bonchev–Trinajstić information content (AvgIpc) is 3.28. The van der Waals surface area contributed by atoms with Crippen LogP contribution in [0.2, 0.25) is 0 Å². The molecule has 0 bridgehead atoms. The number of aromatic nitrogens is 2. The molecule has 1 aliphatic rings.